The number of aryl methyl sites for hydroxylation is 1. The predicted molar refractivity (Wildman–Crippen MR) is 96.9 cm³/mol. The summed E-state index contributed by atoms with van der Waals surface area (Å²) in [5.41, 5.74) is 2.27. The second-order valence-electron chi connectivity index (χ2n) is 6.90. The van der Waals surface area contributed by atoms with Gasteiger partial charge < -0.3 is 19.8 Å². The minimum atomic E-state index is 0.113. The molecule has 2 aliphatic heterocycles. The molecule has 0 atom stereocenters. The molecular formula is C18H27N5O2. The quantitative estimate of drug-likeness (QED) is 0.861. The Morgan fingerprint density at radius 1 is 1.16 bits per heavy atom. The van der Waals surface area contributed by atoms with Crippen LogP contribution >= 0.6 is 0 Å². The van der Waals surface area contributed by atoms with Gasteiger partial charge in [-0.3, -0.25) is 4.90 Å². The number of H-pyrrole nitrogens is 1. The van der Waals surface area contributed by atoms with Crippen LogP contribution in [-0.2, 0) is 15.9 Å². The van der Waals surface area contributed by atoms with E-state index in [2.05, 4.69) is 32.1 Å². The molecule has 0 spiro atoms. The van der Waals surface area contributed by atoms with Gasteiger partial charge in [0.15, 0.2) is 0 Å². The molecule has 0 aliphatic carbocycles. The summed E-state index contributed by atoms with van der Waals surface area (Å²) >= 11 is 0. The molecule has 136 valence electrons. The number of fused-ring (bicyclic) bond motifs is 1. The second kappa shape index (κ2) is 7.27. The largest absolute Gasteiger partial charge is 0.381 e. The Hall–Kier alpha value is -1.70. The van der Waals surface area contributed by atoms with Crippen molar-refractivity contribution in [2.24, 2.45) is 0 Å². The van der Waals surface area contributed by atoms with Gasteiger partial charge in [0.25, 0.3) is 0 Å². The van der Waals surface area contributed by atoms with Gasteiger partial charge in [-0.1, -0.05) is 6.92 Å². The van der Waals surface area contributed by atoms with Crippen molar-refractivity contribution < 1.29 is 9.47 Å². The number of nitrogens with one attached hydrogen (secondary N) is 2. The molecule has 4 heterocycles. The molecule has 2 aromatic rings. The Bertz CT molecular complexity index is 705. The highest BCUT2D eigenvalue weighted by Crippen LogP contribution is 2.31. The zero-order valence-electron chi connectivity index (χ0n) is 14.9. The van der Waals surface area contributed by atoms with Crippen molar-refractivity contribution in [1.82, 2.24) is 19.9 Å². The van der Waals surface area contributed by atoms with Crippen LogP contribution in [0.2, 0.25) is 0 Å². The van der Waals surface area contributed by atoms with Crippen LogP contribution in [0.1, 0.15) is 25.3 Å². The van der Waals surface area contributed by atoms with Gasteiger partial charge in [-0.05, 0) is 24.8 Å². The van der Waals surface area contributed by atoms with Gasteiger partial charge in [-0.15, -0.1) is 0 Å². The molecule has 0 radical (unpaired) electrons. The first-order valence-corrected chi connectivity index (χ1v) is 9.28. The lowest BCUT2D eigenvalue weighted by molar-refractivity contribution is -0.0653. The number of hydrogen-bond acceptors (Lipinski definition) is 6. The number of hydrogen-bond donors (Lipinski definition) is 2. The second-order valence-corrected chi connectivity index (χ2v) is 6.90. The van der Waals surface area contributed by atoms with E-state index in [0.29, 0.717) is 0 Å². The molecule has 2 N–H and O–H groups in total. The van der Waals surface area contributed by atoms with E-state index in [1.165, 1.54) is 5.56 Å². The highest BCUT2D eigenvalue weighted by Gasteiger charge is 2.39. The highest BCUT2D eigenvalue weighted by atomic mass is 16.5. The van der Waals surface area contributed by atoms with Gasteiger partial charge in [0.2, 0.25) is 0 Å². The van der Waals surface area contributed by atoms with Gasteiger partial charge in [0, 0.05) is 44.6 Å². The maximum absolute atomic E-state index is 5.65. The highest BCUT2D eigenvalue weighted by molar-refractivity contribution is 5.90. The fourth-order valence-corrected chi connectivity index (χ4v) is 4.08. The van der Waals surface area contributed by atoms with E-state index in [1.54, 1.807) is 6.33 Å². The summed E-state index contributed by atoms with van der Waals surface area (Å²) in [5.74, 6) is 0.933. The van der Waals surface area contributed by atoms with Crippen LogP contribution in [0.5, 0.6) is 0 Å². The first kappa shape index (κ1) is 16.8. The summed E-state index contributed by atoms with van der Waals surface area (Å²) in [6.07, 6.45) is 6.72. The zero-order valence-corrected chi connectivity index (χ0v) is 14.9. The minimum Gasteiger partial charge on any atom is -0.381 e. The maximum atomic E-state index is 5.65. The van der Waals surface area contributed by atoms with E-state index in [4.69, 9.17) is 9.47 Å². The summed E-state index contributed by atoms with van der Waals surface area (Å²) < 4.78 is 11.2. The third kappa shape index (κ3) is 3.23. The topological polar surface area (TPSA) is 75.3 Å². The molecular weight excluding hydrogens is 318 g/mol. The molecule has 7 nitrogen and oxygen atoms in total. The first-order chi connectivity index (χ1) is 12.3. The van der Waals surface area contributed by atoms with Crippen molar-refractivity contribution in [2.75, 3.05) is 51.4 Å². The minimum absolute atomic E-state index is 0.113. The number of aromatic amines is 1. The number of anilines is 1. The summed E-state index contributed by atoms with van der Waals surface area (Å²) in [4.78, 5) is 14.7. The third-order valence-corrected chi connectivity index (χ3v) is 5.62. The third-order valence-electron chi connectivity index (χ3n) is 5.62. The fourth-order valence-electron chi connectivity index (χ4n) is 4.08. The van der Waals surface area contributed by atoms with Crippen molar-refractivity contribution in [3.8, 4) is 0 Å². The molecule has 25 heavy (non-hydrogen) atoms. The van der Waals surface area contributed by atoms with E-state index in [9.17, 15) is 0 Å². The normalized spacial score (nSPS) is 21.5. The van der Waals surface area contributed by atoms with Crippen molar-refractivity contribution in [1.29, 1.82) is 0 Å². The lowest BCUT2D eigenvalue weighted by Gasteiger charge is -2.48. The van der Waals surface area contributed by atoms with Crippen LogP contribution in [-0.4, -0.2) is 71.5 Å². The summed E-state index contributed by atoms with van der Waals surface area (Å²) in [5, 5.41) is 4.77. The standard InChI is InChI=1S/C18H27N5O2/c1-2-14-11-19-16-15(14)17(22-13-21-16)20-12-18(3-7-24-8-4-18)23-5-9-25-10-6-23/h11,13H,2-10,12H2,1H3,(H2,19,20,21,22). The van der Waals surface area contributed by atoms with E-state index < -0.39 is 0 Å². The van der Waals surface area contributed by atoms with Gasteiger partial charge in [-0.2, -0.15) is 0 Å². The van der Waals surface area contributed by atoms with E-state index in [-0.39, 0.29) is 5.54 Å². The molecule has 4 rings (SSSR count). The van der Waals surface area contributed by atoms with Crippen molar-refractivity contribution in [3.63, 3.8) is 0 Å². The van der Waals surface area contributed by atoms with Crippen molar-refractivity contribution >= 4 is 16.9 Å². The zero-order chi connectivity index (χ0) is 17.1. The first-order valence-electron chi connectivity index (χ1n) is 9.28. The maximum Gasteiger partial charge on any atom is 0.143 e. The number of rotatable bonds is 5. The lowest BCUT2D eigenvalue weighted by atomic mass is 9.87. The van der Waals surface area contributed by atoms with Gasteiger partial charge >= 0.3 is 0 Å². The number of morpholine rings is 1. The van der Waals surface area contributed by atoms with Crippen LogP contribution in [0.4, 0.5) is 5.82 Å². The fraction of sp³-hybridized carbons (Fsp3) is 0.667. The smallest absolute Gasteiger partial charge is 0.143 e. The van der Waals surface area contributed by atoms with Crippen LogP contribution in [0.15, 0.2) is 12.5 Å². The van der Waals surface area contributed by atoms with Crippen LogP contribution in [0.3, 0.4) is 0 Å². The molecule has 0 saturated carbocycles. The molecule has 0 amide bonds. The Kier molecular flexibility index (Phi) is 4.87. The van der Waals surface area contributed by atoms with Crippen LogP contribution in [0.25, 0.3) is 11.0 Å². The van der Waals surface area contributed by atoms with Gasteiger partial charge in [-0.25, -0.2) is 9.97 Å². The molecule has 7 heteroatoms. The number of nitrogens with zero attached hydrogens (tertiary/aromatic N) is 3. The van der Waals surface area contributed by atoms with E-state index >= 15 is 0 Å². The SMILES string of the molecule is CCc1c[nH]c2ncnc(NCC3(N4CCOCC4)CCOCC3)c12. The number of aromatic nitrogens is 3. The van der Waals surface area contributed by atoms with Crippen molar-refractivity contribution in [2.45, 2.75) is 31.7 Å². The van der Waals surface area contributed by atoms with Gasteiger partial charge in [0.1, 0.15) is 17.8 Å². The summed E-state index contributed by atoms with van der Waals surface area (Å²) in [6, 6.07) is 0. The monoisotopic (exact) mass is 345 g/mol. The molecule has 2 aliphatic rings. The average Bonchev–Trinajstić information content (AvgIpc) is 3.12. The van der Waals surface area contributed by atoms with Crippen LogP contribution in [0, 0.1) is 0 Å². The van der Waals surface area contributed by atoms with Crippen molar-refractivity contribution in [3.05, 3.63) is 18.1 Å². The Balaban J connectivity index is 1.58. The molecule has 2 fully saturated rings. The molecule has 0 bridgehead atoms. The van der Waals surface area contributed by atoms with E-state index in [1.807, 2.05) is 6.20 Å². The molecule has 0 aromatic carbocycles. The Morgan fingerprint density at radius 2 is 1.92 bits per heavy atom. The predicted octanol–water partition coefficient (Wildman–Crippen LogP) is 1.81. The lowest BCUT2D eigenvalue weighted by Crippen LogP contribution is -2.59. The number of ether oxygens (including phenoxy) is 2. The Labute approximate surface area is 148 Å². The average molecular weight is 345 g/mol. The van der Waals surface area contributed by atoms with Crippen LogP contribution < -0.4 is 5.32 Å². The molecule has 0 unspecified atom stereocenters. The summed E-state index contributed by atoms with van der Waals surface area (Å²) in [7, 11) is 0. The van der Waals surface area contributed by atoms with E-state index in [0.717, 1.165) is 82.2 Å². The molecule has 2 aromatic heterocycles. The Morgan fingerprint density at radius 3 is 2.68 bits per heavy atom. The summed E-state index contributed by atoms with van der Waals surface area (Å²) in [6.45, 7) is 8.29. The molecule has 2 saturated heterocycles. The van der Waals surface area contributed by atoms with Gasteiger partial charge in [0.05, 0.1) is 18.6 Å².